The maximum atomic E-state index is 5.50. The first-order valence-electron chi connectivity index (χ1n) is 10.7. The Morgan fingerprint density at radius 3 is 2.45 bits per heavy atom. The van der Waals surface area contributed by atoms with Crippen molar-refractivity contribution in [1.82, 2.24) is 20.4 Å². The number of rotatable bonds is 9. The van der Waals surface area contributed by atoms with Crippen molar-refractivity contribution in [3.05, 3.63) is 29.3 Å². The molecule has 7 heteroatoms. The molecule has 0 spiro atoms. The highest BCUT2D eigenvalue weighted by atomic mass is 127. The molecule has 0 bridgehead atoms. The molecule has 0 amide bonds. The van der Waals surface area contributed by atoms with Crippen LogP contribution in [0.15, 0.2) is 23.2 Å². The van der Waals surface area contributed by atoms with E-state index < -0.39 is 0 Å². The summed E-state index contributed by atoms with van der Waals surface area (Å²) in [6.45, 7) is 18.2. The predicted molar refractivity (Wildman–Crippen MR) is 134 cm³/mol. The van der Waals surface area contributed by atoms with Crippen LogP contribution in [-0.4, -0.2) is 75.2 Å². The molecule has 0 saturated carbocycles. The van der Waals surface area contributed by atoms with Crippen LogP contribution in [0, 0.1) is 12.8 Å². The number of piperazine rings is 1. The second kappa shape index (κ2) is 14.0. The Morgan fingerprint density at radius 2 is 1.83 bits per heavy atom. The van der Waals surface area contributed by atoms with Crippen LogP contribution in [-0.2, 0) is 6.54 Å². The van der Waals surface area contributed by atoms with Gasteiger partial charge < -0.3 is 25.2 Å². The minimum Gasteiger partial charge on any atom is -0.496 e. The van der Waals surface area contributed by atoms with Crippen LogP contribution < -0.4 is 15.4 Å². The lowest BCUT2D eigenvalue weighted by Crippen LogP contribution is -2.48. The predicted octanol–water partition coefficient (Wildman–Crippen LogP) is 2.95. The Kier molecular flexibility index (Phi) is 12.6. The molecule has 2 rings (SSSR count). The summed E-state index contributed by atoms with van der Waals surface area (Å²) < 4.78 is 5.50. The van der Waals surface area contributed by atoms with Crippen molar-refractivity contribution in [3.8, 4) is 5.75 Å². The maximum Gasteiger partial charge on any atom is 0.191 e. The topological polar surface area (TPSA) is 52.1 Å². The van der Waals surface area contributed by atoms with Gasteiger partial charge in [0.25, 0.3) is 0 Å². The molecule has 1 saturated heterocycles. The molecule has 1 heterocycles. The van der Waals surface area contributed by atoms with Gasteiger partial charge >= 0.3 is 0 Å². The number of nitrogens with one attached hydrogen (secondary N) is 2. The zero-order chi connectivity index (χ0) is 20.4. The largest absolute Gasteiger partial charge is 0.496 e. The first kappa shape index (κ1) is 26.0. The fraction of sp³-hybridized carbons (Fsp3) is 0.682. The van der Waals surface area contributed by atoms with Crippen LogP contribution >= 0.6 is 24.0 Å². The van der Waals surface area contributed by atoms with Gasteiger partial charge in [-0.2, -0.15) is 0 Å². The van der Waals surface area contributed by atoms with Gasteiger partial charge in [-0.1, -0.05) is 26.0 Å². The monoisotopic (exact) mass is 517 g/mol. The summed E-state index contributed by atoms with van der Waals surface area (Å²) in [5.74, 6) is 2.35. The van der Waals surface area contributed by atoms with Crippen LogP contribution in [0.25, 0.3) is 0 Å². The number of likely N-dealkylation sites (N-methyl/N-ethyl adjacent to an activating group) is 1. The van der Waals surface area contributed by atoms with E-state index in [1.54, 1.807) is 7.11 Å². The molecule has 0 aromatic heterocycles. The maximum absolute atomic E-state index is 5.50. The standard InChI is InChI=1S/C22H39N5O.HI/c1-6-23-22(25-16-20-9-8-18(3)14-21(20)28-5)24-15-19(4)17-27-12-10-26(7-2)11-13-27;/h8-9,14,19H,6-7,10-13,15-17H2,1-5H3,(H2,23,24,25);1H. The van der Waals surface area contributed by atoms with E-state index in [0.717, 1.165) is 36.9 Å². The summed E-state index contributed by atoms with van der Waals surface area (Å²) in [5.41, 5.74) is 2.30. The Morgan fingerprint density at radius 1 is 1.14 bits per heavy atom. The number of methoxy groups -OCH3 is 1. The number of nitrogens with zero attached hydrogens (tertiary/aromatic N) is 3. The molecule has 2 N–H and O–H groups in total. The van der Waals surface area contributed by atoms with Crippen molar-refractivity contribution in [1.29, 1.82) is 0 Å². The minimum atomic E-state index is 0. The molecule has 0 aliphatic carbocycles. The van der Waals surface area contributed by atoms with Crippen molar-refractivity contribution >= 4 is 29.9 Å². The summed E-state index contributed by atoms with van der Waals surface area (Å²) in [4.78, 5) is 9.86. The van der Waals surface area contributed by atoms with Crippen LogP contribution in [0.4, 0.5) is 0 Å². The van der Waals surface area contributed by atoms with Crippen LogP contribution in [0.5, 0.6) is 5.75 Å². The van der Waals surface area contributed by atoms with E-state index in [2.05, 4.69) is 66.3 Å². The molecule has 1 fully saturated rings. The molecule has 1 unspecified atom stereocenters. The van der Waals surface area contributed by atoms with Gasteiger partial charge in [-0.25, -0.2) is 4.99 Å². The highest BCUT2D eigenvalue weighted by molar-refractivity contribution is 14.0. The Labute approximate surface area is 194 Å². The smallest absolute Gasteiger partial charge is 0.191 e. The zero-order valence-electron chi connectivity index (χ0n) is 18.8. The van der Waals surface area contributed by atoms with Crippen molar-refractivity contribution in [2.45, 2.75) is 34.2 Å². The van der Waals surface area contributed by atoms with E-state index in [1.165, 1.54) is 38.3 Å². The van der Waals surface area contributed by atoms with Crippen molar-refractivity contribution < 1.29 is 4.74 Å². The highest BCUT2D eigenvalue weighted by Gasteiger charge is 2.17. The van der Waals surface area contributed by atoms with Gasteiger partial charge in [0, 0.05) is 51.4 Å². The summed E-state index contributed by atoms with van der Waals surface area (Å²) >= 11 is 0. The molecule has 29 heavy (non-hydrogen) atoms. The Bertz CT molecular complexity index is 617. The molecule has 166 valence electrons. The highest BCUT2D eigenvalue weighted by Crippen LogP contribution is 2.20. The second-order valence-corrected chi connectivity index (χ2v) is 7.73. The second-order valence-electron chi connectivity index (χ2n) is 7.73. The van der Waals surface area contributed by atoms with Crippen molar-refractivity contribution in [2.24, 2.45) is 10.9 Å². The summed E-state index contributed by atoms with van der Waals surface area (Å²) in [5, 5.41) is 6.86. The molecule has 1 aliphatic heterocycles. The lowest BCUT2D eigenvalue weighted by atomic mass is 10.1. The zero-order valence-corrected chi connectivity index (χ0v) is 21.2. The van der Waals surface area contributed by atoms with Gasteiger partial charge in [-0.05, 0) is 37.9 Å². The molecule has 1 atom stereocenters. The molecule has 1 aliphatic rings. The fourth-order valence-electron chi connectivity index (χ4n) is 3.55. The van der Waals surface area contributed by atoms with Crippen molar-refractivity contribution in [2.75, 3.05) is 59.5 Å². The Hall–Kier alpha value is -1.06. The first-order valence-corrected chi connectivity index (χ1v) is 10.7. The van der Waals surface area contributed by atoms with E-state index in [1.807, 2.05) is 0 Å². The summed E-state index contributed by atoms with van der Waals surface area (Å²) in [7, 11) is 1.72. The number of benzene rings is 1. The number of ether oxygens (including phenoxy) is 1. The summed E-state index contributed by atoms with van der Waals surface area (Å²) in [6, 6.07) is 6.26. The lowest BCUT2D eigenvalue weighted by Gasteiger charge is -2.35. The lowest BCUT2D eigenvalue weighted by molar-refractivity contribution is 0.124. The summed E-state index contributed by atoms with van der Waals surface area (Å²) in [6.07, 6.45) is 0. The average Bonchev–Trinajstić information content (AvgIpc) is 2.71. The van der Waals surface area contributed by atoms with Gasteiger partial charge in [0.05, 0.1) is 13.7 Å². The Balaban J connectivity index is 0.00000420. The molecular weight excluding hydrogens is 477 g/mol. The number of hydrogen-bond acceptors (Lipinski definition) is 4. The van der Waals surface area contributed by atoms with Crippen LogP contribution in [0.2, 0.25) is 0 Å². The number of aliphatic imine (C=N–C) groups is 1. The average molecular weight is 518 g/mol. The van der Waals surface area contributed by atoms with E-state index >= 15 is 0 Å². The number of guanidine groups is 1. The van der Waals surface area contributed by atoms with E-state index in [4.69, 9.17) is 9.73 Å². The van der Waals surface area contributed by atoms with Gasteiger partial charge in [-0.15, -0.1) is 24.0 Å². The number of aryl methyl sites for hydroxylation is 1. The first-order chi connectivity index (χ1) is 13.5. The van der Waals surface area contributed by atoms with Gasteiger partial charge in [0.1, 0.15) is 5.75 Å². The third-order valence-electron chi connectivity index (χ3n) is 5.29. The molecule has 0 radical (unpaired) electrons. The number of hydrogen-bond donors (Lipinski definition) is 2. The molecule has 1 aromatic carbocycles. The van der Waals surface area contributed by atoms with Crippen LogP contribution in [0.1, 0.15) is 31.9 Å². The van der Waals surface area contributed by atoms with E-state index in [9.17, 15) is 0 Å². The van der Waals surface area contributed by atoms with Gasteiger partial charge in [0.15, 0.2) is 5.96 Å². The fourth-order valence-corrected chi connectivity index (χ4v) is 3.55. The third kappa shape index (κ3) is 9.09. The van der Waals surface area contributed by atoms with E-state index in [0.29, 0.717) is 12.5 Å². The molecule has 1 aromatic rings. The molecule has 6 nitrogen and oxygen atoms in total. The van der Waals surface area contributed by atoms with Gasteiger partial charge in [-0.3, -0.25) is 0 Å². The minimum absolute atomic E-state index is 0. The van der Waals surface area contributed by atoms with Crippen molar-refractivity contribution in [3.63, 3.8) is 0 Å². The van der Waals surface area contributed by atoms with Crippen LogP contribution in [0.3, 0.4) is 0 Å². The van der Waals surface area contributed by atoms with Gasteiger partial charge in [0.2, 0.25) is 0 Å². The third-order valence-corrected chi connectivity index (χ3v) is 5.29. The van der Waals surface area contributed by atoms with E-state index in [-0.39, 0.29) is 24.0 Å². The SMILES string of the molecule is CCNC(=NCc1ccc(C)cc1OC)NCC(C)CN1CCN(CC)CC1.I. The quantitative estimate of drug-likeness (QED) is 0.300. The normalized spacial score (nSPS) is 16.8. The molecular formula is C22H40IN5O. The number of halogens is 1.